The third-order valence-electron chi connectivity index (χ3n) is 7.12. The fourth-order valence-electron chi connectivity index (χ4n) is 4.72. The Labute approximate surface area is 193 Å². The van der Waals surface area contributed by atoms with Crippen molar-refractivity contribution in [3.05, 3.63) is 59.4 Å². The highest BCUT2D eigenvalue weighted by molar-refractivity contribution is 5.95. The fraction of sp³-hybridized carbons (Fsp3) is 0.400. The van der Waals surface area contributed by atoms with Gasteiger partial charge in [-0.15, -0.1) is 0 Å². The number of fused-ring (bicyclic) bond motifs is 1. The van der Waals surface area contributed by atoms with E-state index in [-0.39, 0.29) is 17.2 Å². The van der Waals surface area contributed by atoms with E-state index >= 15 is 0 Å². The number of nitrogen functional groups attached to an aromatic ring is 1. The number of anilines is 1. The molecule has 1 aliphatic carbocycles. The second-order valence-electron chi connectivity index (χ2n) is 9.31. The Morgan fingerprint density at radius 1 is 1.09 bits per heavy atom. The molecule has 2 fully saturated rings. The molecule has 1 amide bonds. The van der Waals surface area contributed by atoms with Crippen molar-refractivity contribution in [2.24, 2.45) is 12.8 Å². The molecular weight excluding hydrogens is 414 g/mol. The van der Waals surface area contributed by atoms with Crippen LogP contribution in [0.3, 0.4) is 0 Å². The van der Waals surface area contributed by atoms with E-state index in [0.717, 1.165) is 67.1 Å². The Bertz CT molecular complexity index is 1200. The summed E-state index contributed by atoms with van der Waals surface area (Å²) in [6.07, 6.45) is 1.84. The zero-order chi connectivity index (χ0) is 23.2. The molecule has 0 spiro atoms. The smallest absolute Gasteiger partial charge is 0.233 e. The van der Waals surface area contributed by atoms with E-state index in [2.05, 4.69) is 40.0 Å². The van der Waals surface area contributed by atoms with Gasteiger partial charge in [0.25, 0.3) is 0 Å². The van der Waals surface area contributed by atoms with Crippen LogP contribution in [0, 0.1) is 5.41 Å². The third kappa shape index (κ3) is 3.95. The molecule has 1 saturated heterocycles. The number of amides is 1. The van der Waals surface area contributed by atoms with Crippen molar-refractivity contribution in [3.8, 4) is 0 Å². The van der Waals surface area contributed by atoms with Gasteiger partial charge in [-0.2, -0.15) is 0 Å². The SMILES string of the molecule is CN1CCN(C(=O)C2(c3ccc4c(c3)nc(CNc3ccc(C(=N)N)cc3)n4C)CC2)CC1. The van der Waals surface area contributed by atoms with Crippen molar-refractivity contribution in [3.63, 3.8) is 0 Å². The van der Waals surface area contributed by atoms with Crippen LogP contribution in [0.15, 0.2) is 42.5 Å². The predicted molar refractivity (Wildman–Crippen MR) is 130 cm³/mol. The van der Waals surface area contributed by atoms with Gasteiger partial charge >= 0.3 is 0 Å². The van der Waals surface area contributed by atoms with Crippen LogP contribution in [0.25, 0.3) is 11.0 Å². The minimum atomic E-state index is -0.363. The number of likely N-dealkylation sites (N-methyl/N-ethyl adjacent to an activating group) is 1. The van der Waals surface area contributed by atoms with Gasteiger partial charge in [0.1, 0.15) is 11.7 Å². The van der Waals surface area contributed by atoms with Crippen LogP contribution < -0.4 is 11.1 Å². The molecule has 0 bridgehead atoms. The van der Waals surface area contributed by atoms with E-state index in [9.17, 15) is 4.79 Å². The van der Waals surface area contributed by atoms with E-state index in [1.807, 2.05) is 36.2 Å². The first kappa shape index (κ1) is 21.5. The topological polar surface area (TPSA) is 103 Å². The van der Waals surface area contributed by atoms with Gasteiger partial charge in [0.2, 0.25) is 5.91 Å². The first-order valence-corrected chi connectivity index (χ1v) is 11.5. The van der Waals surface area contributed by atoms with Gasteiger partial charge in [-0.25, -0.2) is 4.98 Å². The van der Waals surface area contributed by atoms with Crippen molar-refractivity contribution >= 4 is 28.5 Å². The highest BCUT2D eigenvalue weighted by Crippen LogP contribution is 2.50. The first-order chi connectivity index (χ1) is 15.9. The van der Waals surface area contributed by atoms with Crippen molar-refractivity contribution in [2.45, 2.75) is 24.8 Å². The van der Waals surface area contributed by atoms with Gasteiger partial charge in [0, 0.05) is 44.5 Å². The van der Waals surface area contributed by atoms with E-state index in [0.29, 0.717) is 12.1 Å². The molecule has 1 aromatic heterocycles. The molecule has 1 aliphatic heterocycles. The number of nitrogens with one attached hydrogen (secondary N) is 2. The largest absolute Gasteiger partial charge is 0.384 e. The van der Waals surface area contributed by atoms with Crippen molar-refractivity contribution in [1.29, 1.82) is 5.41 Å². The number of imidazole rings is 1. The van der Waals surface area contributed by atoms with Gasteiger partial charge < -0.3 is 25.4 Å². The molecule has 172 valence electrons. The summed E-state index contributed by atoms with van der Waals surface area (Å²) in [7, 11) is 4.13. The number of piperazine rings is 1. The summed E-state index contributed by atoms with van der Waals surface area (Å²) in [6, 6.07) is 13.8. The van der Waals surface area contributed by atoms with Gasteiger partial charge in [-0.3, -0.25) is 10.2 Å². The molecule has 3 aromatic rings. The number of aromatic nitrogens is 2. The zero-order valence-corrected chi connectivity index (χ0v) is 19.3. The number of hydrogen-bond donors (Lipinski definition) is 3. The number of hydrogen-bond acceptors (Lipinski definition) is 5. The average Bonchev–Trinajstić information content (AvgIpc) is 3.57. The lowest BCUT2D eigenvalue weighted by Gasteiger charge is -2.35. The molecule has 8 nitrogen and oxygen atoms in total. The average molecular weight is 446 g/mol. The lowest BCUT2D eigenvalue weighted by atomic mass is 9.93. The van der Waals surface area contributed by atoms with E-state index in [1.54, 1.807) is 0 Å². The fourth-order valence-corrected chi connectivity index (χ4v) is 4.72. The number of nitrogens with zero attached hydrogens (tertiary/aromatic N) is 4. The number of aryl methyl sites for hydroxylation is 1. The standard InChI is InChI=1S/C25H31N7O/c1-30-11-13-32(14-12-30)24(33)25(9-10-25)18-5-8-21-20(15-18)29-22(31(21)2)16-28-19-6-3-17(4-7-19)23(26)27/h3-8,15,28H,9-14,16H2,1-2H3,(H3,26,27). The molecular formula is C25H31N7O. The maximum atomic E-state index is 13.4. The number of nitrogens with two attached hydrogens (primary N) is 1. The number of benzene rings is 2. The molecule has 8 heteroatoms. The van der Waals surface area contributed by atoms with Crippen LogP contribution in [-0.2, 0) is 23.8 Å². The molecule has 0 radical (unpaired) electrons. The highest BCUT2D eigenvalue weighted by Gasteiger charge is 2.53. The Hall–Kier alpha value is -3.39. The molecule has 2 aliphatic rings. The Morgan fingerprint density at radius 3 is 2.42 bits per heavy atom. The second kappa shape index (κ2) is 8.19. The van der Waals surface area contributed by atoms with Crippen LogP contribution in [-0.4, -0.2) is 64.3 Å². The Morgan fingerprint density at radius 2 is 1.79 bits per heavy atom. The lowest BCUT2D eigenvalue weighted by Crippen LogP contribution is -2.50. The maximum absolute atomic E-state index is 13.4. The predicted octanol–water partition coefficient (Wildman–Crippen LogP) is 2.28. The molecule has 0 unspecified atom stereocenters. The number of amidine groups is 1. The summed E-state index contributed by atoms with van der Waals surface area (Å²) in [5.74, 6) is 1.27. The summed E-state index contributed by atoms with van der Waals surface area (Å²) >= 11 is 0. The summed E-state index contributed by atoms with van der Waals surface area (Å²) in [5, 5.41) is 10.9. The number of carbonyl (C=O) groups is 1. The van der Waals surface area contributed by atoms with Crippen molar-refractivity contribution < 1.29 is 4.79 Å². The van der Waals surface area contributed by atoms with Gasteiger partial charge in [-0.05, 0) is 61.9 Å². The monoisotopic (exact) mass is 445 g/mol. The molecule has 0 atom stereocenters. The highest BCUT2D eigenvalue weighted by atomic mass is 16.2. The number of carbonyl (C=O) groups excluding carboxylic acids is 1. The molecule has 2 heterocycles. The first-order valence-electron chi connectivity index (χ1n) is 11.5. The third-order valence-corrected chi connectivity index (χ3v) is 7.12. The van der Waals surface area contributed by atoms with E-state index in [1.165, 1.54) is 0 Å². The quantitative estimate of drug-likeness (QED) is 0.399. The van der Waals surface area contributed by atoms with Crippen LogP contribution in [0.2, 0.25) is 0 Å². The van der Waals surface area contributed by atoms with Gasteiger partial charge in [-0.1, -0.05) is 6.07 Å². The van der Waals surface area contributed by atoms with E-state index in [4.69, 9.17) is 16.1 Å². The van der Waals surface area contributed by atoms with Crippen LogP contribution in [0.5, 0.6) is 0 Å². The van der Waals surface area contributed by atoms with Crippen molar-refractivity contribution in [1.82, 2.24) is 19.4 Å². The Kier molecular flexibility index (Phi) is 5.32. The maximum Gasteiger partial charge on any atom is 0.233 e. The summed E-state index contributed by atoms with van der Waals surface area (Å²) < 4.78 is 2.10. The van der Waals surface area contributed by atoms with Crippen LogP contribution in [0.4, 0.5) is 5.69 Å². The minimum absolute atomic E-state index is 0.0623. The molecule has 33 heavy (non-hydrogen) atoms. The Balaban J connectivity index is 1.34. The van der Waals surface area contributed by atoms with Gasteiger partial charge in [0.05, 0.1) is 23.0 Å². The van der Waals surface area contributed by atoms with E-state index < -0.39 is 0 Å². The van der Waals surface area contributed by atoms with Crippen LogP contribution in [0.1, 0.15) is 29.8 Å². The molecule has 5 rings (SSSR count). The molecule has 1 saturated carbocycles. The summed E-state index contributed by atoms with van der Waals surface area (Å²) in [6.45, 7) is 4.08. The zero-order valence-electron chi connectivity index (χ0n) is 19.3. The number of rotatable bonds is 6. The van der Waals surface area contributed by atoms with Gasteiger partial charge in [0.15, 0.2) is 0 Å². The lowest BCUT2D eigenvalue weighted by molar-refractivity contribution is -0.135. The normalized spacial score (nSPS) is 17.8. The minimum Gasteiger partial charge on any atom is -0.384 e. The summed E-state index contributed by atoms with van der Waals surface area (Å²) in [4.78, 5) is 22.6. The molecule has 2 aromatic carbocycles. The second-order valence-corrected chi connectivity index (χ2v) is 9.31. The van der Waals surface area contributed by atoms with Crippen molar-refractivity contribution in [2.75, 3.05) is 38.5 Å². The summed E-state index contributed by atoms with van der Waals surface area (Å²) in [5.41, 5.74) is 9.90. The molecule has 4 N–H and O–H groups in total. The van der Waals surface area contributed by atoms with Crippen LogP contribution >= 0.6 is 0 Å².